The van der Waals surface area contributed by atoms with Crippen LogP contribution in [0.2, 0.25) is 0 Å². The number of hydrogen-bond acceptors (Lipinski definition) is 5. The van der Waals surface area contributed by atoms with E-state index in [1.54, 1.807) is 18.2 Å². The number of nitriles is 1. The lowest BCUT2D eigenvalue weighted by Gasteiger charge is -2.02. The summed E-state index contributed by atoms with van der Waals surface area (Å²) in [5.74, 6) is -0.942. The number of phenols is 1. The predicted octanol–water partition coefficient (Wildman–Crippen LogP) is 3.40. The molecular formula is C17H12N2O4. The molecule has 0 aromatic heterocycles. The van der Waals surface area contributed by atoms with E-state index in [1.807, 2.05) is 19.1 Å². The van der Waals surface area contributed by atoms with Crippen molar-refractivity contribution in [2.45, 2.75) is 6.92 Å². The number of nitro benzene ring substituents is 1. The van der Waals surface area contributed by atoms with Gasteiger partial charge in [-0.1, -0.05) is 29.8 Å². The summed E-state index contributed by atoms with van der Waals surface area (Å²) in [7, 11) is 0. The minimum absolute atomic E-state index is 0.143. The third-order valence-electron chi connectivity index (χ3n) is 3.15. The smallest absolute Gasteiger partial charge is 0.311 e. The van der Waals surface area contributed by atoms with Crippen LogP contribution in [0.3, 0.4) is 0 Å². The number of Topliss-reactive ketones (excluding diaryl/α,β-unsaturated/α-hetero) is 1. The molecule has 0 radical (unpaired) electrons. The van der Waals surface area contributed by atoms with E-state index < -0.39 is 22.1 Å². The molecule has 0 amide bonds. The van der Waals surface area contributed by atoms with E-state index in [0.29, 0.717) is 5.56 Å². The van der Waals surface area contributed by atoms with Crippen molar-refractivity contribution in [2.24, 2.45) is 0 Å². The molecule has 114 valence electrons. The number of allylic oxidation sites excluding steroid dienone is 1. The third-order valence-corrected chi connectivity index (χ3v) is 3.15. The molecule has 0 heterocycles. The summed E-state index contributed by atoms with van der Waals surface area (Å²) < 4.78 is 0. The Morgan fingerprint density at radius 1 is 1.30 bits per heavy atom. The van der Waals surface area contributed by atoms with Crippen LogP contribution in [0.25, 0.3) is 6.08 Å². The zero-order valence-electron chi connectivity index (χ0n) is 12.2. The van der Waals surface area contributed by atoms with Gasteiger partial charge in [0.1, 0.15) is 11.6 Å². The molecule has 0 aliphatic carbocycles. The monoisotopic (exact) mass is 308 g/mol. The fourth-order valence-electron chi connectivity index (χ4n) is 2.03. The zero-order chi connectivity index (χ0) is 17.0. The molecule has 0 aliphatic heterocycles. The van der Waals surface area contributed by atoms with Crippen molar-refractivity contribution in [1.29, 1.82) is 5.26 Å². The molecule has 0 saturated carbocycles. The molecule has 0 fully saturated rings. The maximum atomic E-state index is 12.3. The van der Waals surface area contributed by atoms with Crippen molar-refractivity contribution < 1.29 is 14.8 Å². The van der Waals surface area contributed by atoms with E-state index >= 15 is 0 Å². The van der Waals surface area contributed by atoms with Gasteiger partial charge in [0, 0.05) is 11.6 Å². The normalized spacial score (nSPS) is 10.9. The summed E-state index contributed by atoms with van der Waals surface area (Å²) in [5.41, 5.74) is 0.904. The number of hydrogen-bond donors (Lipinski definition) is 1. The molecule has 2 aromatic carbocycles. The summed E-state index contributed by atoms with van der Waals surface area (Å²) in [6.45, 7) is 1.83. The minimum Gasteiger partial charge on any atom is -0.502 e. The van der Waals surface area contributed by atoms with Crippen LogP contribution in [-0.4, -0.2) is 15.8 Å². The second-order valence-corrected chi connectivity index (χ2v) is 4.87. The number of carbonyl (C=O) groups excluding carboxylic acids is 1. The topological polar surface area (TPSA) is 104 Å². The largest absolute Gasteiger partial charge is 0.502 e. The molecular weight excluding hydrogens is 296 g/mol. The van der Waals surface area contributed by atoms with Crippen LogP contribution >= 0.6 is 0 Å². The van der Waals surface area contributed by atoms with Crippen LogP contribution in [0.15, 0.2) is 48.0 Å². The number of phenolic OH excluding ortho intramolecular Hbond substituents is 1. The summed E-state index contributed by atoms with van der Waals surface area (Å²) in [6.07, 6.45) is 1.26. The lowest BCUT2D eigenvalue weighted by Crippen LogP contribution is -2.02. The van der Waals surface area contributed by atoms with Crippen LogP contribution in [-0.2, 0) is 0 Å². The van der Waals surface area contributed by atoms with Crippen LogP contribution < -0.4 is 0 Å². The van der Waals surface area contributed by atoms with Crippen molar-refractivity contribution in [3.8, 4) is 11.8 Å². The van der Waals surface area contributed by atoms with Crippen molar-refractivity contribution >= 4 is 17.5 Å². The number of aromatic hydroxyl groups is 1. The number of rotatable bonds is 4. The number of ketones is 1. The molecule has 1 N–H and O–H groups in total. The molecule has 0 aliphatic rings. The van der Waals surface area contributed by atoms with E-state index in [4.69, 9.17) is 0 Å². The molecule has 0 atom stereocenters. The van der Waals surface area contributed by atoms with Gasteiger partial charge in [-0.05, 0) is 30.7 Å². The molecule has 0 bridgehead atoms. The van der Waals surface area contributed by atoms with Crippen LogP contribution in [0.1, 0.15) is 21.5 Å². The summed E-state index contributed by atoms with van der Waals surface area (Å²) in [4.78, 5) is 22.4. The Kier molecular flexibility index (Phi) is 4.52. The highest BCUT2D eigenvalue weighted by atomic mass is 16.6. The summed E-state index contributed by atoms with van der Waals surface area (Å²) >= 11 is 0. The molecule has 2 aromatic rings. The van der Waals surface area contributed by atoms with Crippen molar-refractivity contribution in [2.75, 3.05) is 0 Å². The Morgan fingerprint density at radius 2 is 2.04 bits per heavy atom. The van der Waals surface area contributed by atoms with Gasteiger partial charge < -0.3 is 5.11 Å². The molecule has 0 spiro atoms. The quantitative estimate of drug-likeness (QED) is 0.306. The van der Waals surface area contributed by atoms with E-state index in [2.05, 4.69) is 0 Å². The lowest BCUT2D eigenvalue weighted by molar-refractivity contribution is -0.385. The van der Waals surface area contributed by atoms with Crippen molar-refractivity contribution in [1.82, 2.24) is 0 Å². The highest BCUT2D eigenvalue weighted by Crippen LogP contribution is 2.27. The van der Waals surface area contributed by atoms with Crippen molar-refractivity contribution in [3.63, 3.8) is 0 Å². The fourth-order valence-corrected chi connectivity index (χ4v) is 2.03. The first-order valence-corrected chi connectivity index (χ1v) is 6.63. The minimum atomic E-state index is -0.735. The lowest BCUT2D eigenvalue weighted by atomic mass is 10.0. The first-order valence-electron chi connectivity index (χ1n) is 6.63. The number of benzene rings is 2. The maximum Gasteiger partial charge on any atom is 0.311 e. The molecule has 23 heavy (non-hydrogen) atoms. The fraction of sp³-hybridized carbons (Fsp3) is 0.0588. The Hall–Kier alpha value is -3.46. The van der Waals surface area contributed by atoms with E-state index in [-0.39, 0.29) is 11.1 Å². The average molecular weight is 308 g/mol. The van der Waals surface area contributed by atoms with Crippen LogP contribution in [0, 0.1) is 28.4 Å². The number of nitro groups is 1. The summed E-state index contributed by atoms with van der Waals surface area (Å²) in [6, 6.07) is 12.3. The van der Waals surface area contributed by atoms with Crippen molar-refractivity contribution in [3.05, 3.63) is 74.8 Å². The van der Waals surface area contributed by atoms with Gasteiger partial charge in [0.25, 0.3) is 0 Å². The molecule has 6 nitrogen and oxygen atoms in total. The second kappa shape index (κ2) is 6.54. The van der Waals surface area contributed by atoms with Gasteiger partial charge >= 0.3 is 5.69 Å². The van der Waals surface area contributed by atoms with Gasteiger partial charge in [-0.2, -0.15) is 5.26 Å². The first kappa shape index (κ1) is 15.9. The molecule has 0 unspecified atom stereocenters. The molecule has 6 heteroatoms. The standard InChI is InChI=1S/C17H12N2O4/c1-11-3-2-4-13(7-11)17(21)14(10-18)8-12-5-6-16(20)15(9-12)19(22)23/h2-9,20H,1H3/b14-8+. The van der Waals surface area contributed by atoms with E-state index in [9.17, 15) is 25.3 Å². The highest BCUT2D eigenvalue weighted by Gasteiger charge is 2.15. The zero-order valence-corrected chi connectivity index (χ0v) is 12.2. The second-order valence-electron chi connectivity index (χ2n) is 4.87. The first-order chi connectivity index (χ1) is 10.9. The maximum absolute atomic E-state index is 12.3. The van der Waals surface area contributed by atoms with E-state index in [0.717, 1.165) is 17.7 Å². The Morgan fingerprint density at radius 3 is 2.65 bits per heavy atom. The predicted molar refractivity (Wildman–Crippen MR) is 83.9 cm³/mol. The number of aryl methyl sites for hydroxylation is 1. The van der Waals surface area contributed by atoms with Gasteiger partial charge in [-0.3, -0.25) is 14.9 Å². The van der Waals surface area contributed by atoms with Gasteiger partial charge in [0.15, 0.2) is 5.75 Å². The third kappa shape index (κ3) is 3.60. The SMILES string of the molecule is Cc1cccc(C(=O)/C(C#N)=C/c2ccc(O)c([N+](=O)[O-])c2)c1. The van der Waals surface area contributed by atoms with Crippen LogP contribution in [0.5, 0.6) is 5.75 Å². The number of nitrogens with zero attached hydrogens (tertiary/aromatic N) is 2. The highest BCUT2D eigenvalue weighted by molar-refractivity contribution is 6.14. The van der Waals surface area contributed by atoms with Gasteiger partial charge in [-0.15, -0.1) is 0 Å². The Labute approximate surface area is 132 Å². The number of carbonyl (C=O) groups is 1. The van der Waals surface area contributed by atoms with Crippen LogP contribution in [0.4, 0.5) is 5.69 Å². The Bertz CT molecular complexity index is 863. The van der Waals surface area contributed by atoms with Gasteiger partial charge in [-0.25, -0.2) is 0 Å². The van der Waals surface area contributed by atoms with Gasteiger partial charge in [0.05, 0.1) is 4.92 Å². The Balaban J connectivity index is 2.43. The molecule has 0 saturated heterocycles. The summed E-state index contributed by atoms with van der Waals surface area (Å²) in [5, 5.41) is 29.4. The average Bonchev–Trinajstić information content (AvgIpc) is 2.53. The van der Waals surface area contributed by atoms with Gasteiger partial charge in [0.2, 0.25) is 5.78 Å². The van der Waals surface area contributed by atoms with E-state index in [1.165, 1.54) is 12.1 Å². The molecule has 2 rings (SSSR count).